The zero-order valence-electron chi connectivity index (χ0n) is 15.9. The Morgan fingerprint density at radius 2 is 2.04 bits per heavy atom. The Bertz CT molecular complexity index is 751. The fourth-order valence-corrected chi connectivity index (χ4v) is 8.73. The summed E-state index contributed by atoms with van der Waals surface area (Å²) in [7, 11) is 0. The van der Waals surface area contributed by atoms with Crippen molar-refractivity contribution in [3.8, 4) is 0 Å². The van der Waals surface area contributed by atoms with Crippen LogP contribution in [0.2, 0.25) is 0 Å². The molecule has 5 aliphatic carbocycles. The number of carbonyl (C=O) groups is 1. The van der Waals surface area contributed by atoms with Crippen molar-refractivity contribution in [1.29, 1.82) is 0 Å². The van der Waals surface area contributed by atoms with Gasteiger partial charge in [-0.15, -0.1) is 0 Å². The highest BCUT2D eigenvalue weighted by Gasteiger charge is 2.79. The Morgan fingerprint density at radius 1 is 1.15 bits per heavy atom. The molecule has 7 atom stereocenters. The standard InChI is InChI=1S/C23H31NO2/c1-2-22-9-7-16-15-6-4-14(24)11-13(15)3-5-17(16)21(22)18-12-19(18)23(22)10-8-20(25)26-23/h11,16-19,21H,2-10,12,24H2,1H3/t16?,17?,18?,19?,21?,22-,23-/m0/s1. The molecule has 0 aromatic carbocycles. The molecule has 1 saturated heterocycles. The summed E-state index contributed by atoms with van der Waals surface area (Å²) in [4.78, 5) is 12.2. The Morgan fingerprint density at radius 3 is 2.81 bits per heavy atom. The van der Waals surface area contributed by atoms with Gasteiger partial charge in [-0.2, -0.15) is 0 Å². The smallest absolute Gasteiger partial charge is 0.306 e. The predicted molar refractivity (Wildman–Crippen MR) is 99.8 cm³/mol. The topological polar surface area (TPSA) is 52.3 Å². The van der Waals surface area contributed by atoms with Gasteiger partial charge >= 0.3 is 5.97 Å². The molecule has 0 radical (unpaired) electrons. The largest absolute Gasteiger partial charge is 0.458 e. The van der Waals surface area contributed by atoms with Crippen molar-refractivity contribution in [2.75, 3.05) is 0 Å². The lowest BCUT2D eigenvalue weighted by Gasteiger charge is -2.57. The molecule has 5 unspecified atom stereocenters. The van der Waals surface area contributed by atoms with Crippen LogP contribution >= 0.6 is 0 Å². The van der Waals surface area contributed by atoms with E-state index in [1.54, 1.807) is 11.1 Å². The van der Waals surface area contributed by atoms with Gasteiger partial charge in [0.05, 0.1) is 0 Å². The molecule has 2 N–H and O–H groups in total. The van der Waals surface area contributed by atoms with Gasteiger partial charge in [0.1, 0.15) is 5.60 Å². The molecule has 3 nitrogen and oxygen atoms in total. The van der Waals surface area contributed by atoms with E-state index in [4.69, 9.17) is 10.5 Å². The fraction of sp³-hybridized carbons (Fsp3) is 0.783. The maximum atomic E-state index is 12.2. The summed E-state index contributed by atoms with van der Waals surface area (Å²) in [5.41, 5.74) is 10.7. The highest BCUT2D eigenvalue weighted by atomic mass is 16.6. The van der Waals surface area contributed by atoms with Gasteiger partial charge in [-0.1, -0.05) is 12.5 Å². The molecule has 140 valence electrons. The van der Waals surface area contributed by atoms with Crippen LogP contribution in [0.1, 0.15) is 71.1 Å². The van der Waals surface area contributed by atoms with E-state index in [1.165, 1.54) is 44.9 Å². The number of allylic oxidation sites excluding steroid dienone is 4. The number of hydrogen-bond donors (Lipinski definition) is 1. The molecule has 6 aliphatic rings. The number of rotatable bonds is 1. The maximum absolute atomic E-state index is 12.2. The predicted octanol–water partition coefficient (Wildman–Crippen LogP) is 4.48. The van der Waals surface area contributed by atoms with Crippen molar-refractivity contribution >= 4 is 5.97 Å². The zero-order valence-corrected chi connectivity index (χ0v) is 15.9. The Hall–Kier alpha value is -1.25. The Labute approximate surface area is 156 Å². The summed E-state index contributed by atoms with van der Waals surface area (Å²) >= 11 is 0. The third-order valence-corrected chi connectivity index (χ3v) is 9.54. The van der Waals surface area contributed by atoms with Crippen LogP contribution in [-0.4, -0.2) is 11.6 Å². The summed E-state index contributed by atoms with van der Waals surface area (Å²) in [5, 5.41) is 0. The lowest BCUT2D eigenvalue weighted by Crippen LogP contribution is -2.55. The first-order chi connectivity index (χ1) is 12.6. The first-order valence-electron chi connectivity index (χ1n) is 11.0. The summed E-state index contributed by atoms with van der Waals surface area (Å²) in [6, 6.07) is 0. The van der Waals surface area contributed by atoms with E-state index in [0.717, 1.165) is 42.2 Å². The van der Waals surface area contributed by atoms with Crippen LogP contribution in [0.15, 0.2) is 22.9 Å². The van der Waals surface area contributed by atoms with Gasteiger partial charge < -0.3 is 10.5 Å². The average molecular weight is 354 g/mol. The second-order valence-corrected chi connectivity index (χ2v) is 10.0. The molecule has 1 aliphatic heterocycles. The average Bonchev–Trinajstić information content (AvgIpc) is 3.29. The van der Waals surface area contributed by atoms with Gasteiger partial charge in [0.2, 0.25) is 0 Å². The van der Waals surface area contributed by atoms with Crippen molar-refractivity contribution in [2.24, 2.45) is 40.7 Å². The zero-order chi connectivity index (χ0) is 17.7. The monoisotopic (exact) mass is 353 g/mol. The minimum atomic E-state index is -0.0926. The normalized spacial score (nSPS) is 51.3. The van der Waals surface area contributed by atoms with Gasteiger partial charge in [-0.05, 0) is 93.1 Å². The van der Waals surface area contributed by atoms with Gasteiger partial charge in [0.15, 0.2) is 0 Å². The SMILES string of the molecule is CC[C@]12CCC3C4=C(C=C(N)CC4)CCC3C1C1CC1[C@@]21CCC(=O)O1. The summed E-state index contributed by atoms with van der Waals surface area (Å²) in [6.45, 7) is 2.38. The minimum Gasteiger partial charge on any atom is -0.458 e. The van der Waals surface area contributed by atoms with E-state index in [0.29, 0.717) is 12.3 Å². The molecule has 0 aromatic rings. The Balaban J connectivity index is 1.41. The molecule has 0 amide bonds. The number of fused-ring (bicyclic) bond motifs is 8. The number of esters is 1. The highest BCUT2D eigenvalue weighted by Crippen LogP contribution is 2.79. The van der Waals surface area contributed by atoms with Crippen molar-refractivity contribution < 1.29 is 9.53 Å². The van der Waals surface area contributed by atoms with Crippen LogP contribution in [0.5, 0.6) is 0 Å². The summed E-state index contributed by atoms with van der Waals surface area (Å²) < 4.78 is 6.25. The van der Waals surface area contributed by atoms with Gasteiger partial charge in [-0.3, -0.25) is 4.79 Å². The quantitative estimate of drug-likeness (QED) is 0.707. The van der Waals surface area contributed by atoms with E-state index in [1.807, 2.05) is 0 Å². The molecule has 0 bridgehead atoms. The highest BCUT2D eigenvalue weighted by molar-refractivity contribution is 5.73. The van der Waals surface area contributed by atoms with Crippen molar-refractivity contribution in [2.45, 2.75) is 76.7 Å². The van der Waals surface area contributed by atoms with Gasteiger partial charge in [0, 0.05) is 23.5 Å². The number of carbonyl (C=O) groups excluding carboxylic acids is 1. The second kappa shape index (κ2) is 4.97. The van der Waals surface area contributed by atoms with Crippen LogP contribution in [-0.2, 0) is 9.53 Å². The van der Waals surface area contributed by atoms with Crippen LogP contribution in [0, 0.1) is 35.0 Å². The molecule has 4 fully saturated rings. The molecule has 3 heteroatoms. The number of hydrogen-bond acceptors (Lipinski definition) is 3. The molecular formula is C23H31NO2. The lowest BCUT2D eigenvalue weighted by molar-refractivity contribution is -0.176. The molecule has 3 saturated carbocycles. The van der Waals surface area contributed by atoms with E-state index in [-0.39, 0.29) is 17.0 Å². The van der Waals surface area contributed by atoms with Crippen molar-refractivity contribution in [3.63, 3.8) is 0 Å². The fourth-order valence-electron chi connectivity index (χ4n) is 8.73. The van der Waals surface area contributed by atoms with Crippen molar-refractivity contribution in [1.82, 2.24) is 0 Å². The van der Waals surface area contributed by atoms with E-state index >= 15 is 0 Å². The summed E-state index contributed by atoms with van der Waals surface area (Å²) in [6.07, 6.45) is 13.8. The lowest BCUT2D eigenvalue weighted by atomic mass is 9.49. The van der Waals surface area contributed by atoms with E-state index in [2.05, 4.69) is 13.0 Å². The van der Waals surface area contributed by atoms with Gasteiger partial charge in [-0.25, -0.2) is 0 Å². The van der Waals surface area contributed by atoms with Crippen LogP contribution < -0.4 is 5.73 Å². The molecule has 26 heavy (non-hydrogen) atoms. The first-order valence-corrected chi connectivity index (χ1v) is 11.0. The molecule has 1 heterocycles. The minimum absolute atomic E-state index is 0.0766. The molecule has 0 aromatic heterocycles. The van der Waals surface area contributed by atoms with Gasteiger partial charge in [0.25, 0.3) is 0 Å². The molecule has 1 spiro atoms. The summed E-state index contributed by atoms with van der Waals surface area (Å²) in [5.74, 6) is 3.98. The van der Waals surface area contributed by atoms with Crippen molar-refractivity contribution in [3.05, 3.63) is 22.9 Å². The van der Waals surface area contributed by atoms with E-state index < -0.39 is 0 Å². The van der Waals surface area contributed by atoms with Crippen LogP contribution in [0.4, 0.5) is 0 Å². The van der Waals surface area contributed by atoms with E-state index in [9.17, 15) is 4.79 Å². The number of ether oxygens (including phenoxy) is 1. The maximum Gasteiger partial charge on any atom is 0.306 e. The first kappa shape index (κ1) is 15.8. The molecular weight excluding hydrogens is 322 g/mol. The Kier molecular flexibility index (Phi) is 3.01. The second-order valence-electron chi connectivity index (χ2n) is 10.0. The van der Waals surface area contributed by atoms with Crippen LogP contribution in [0.25, 0.3) is 0 Å². The van der Waals surface area contributed by atoms with Crippen LogP contribution in [0.3, 0.4) is 0 Å². The number of nitrogens with two attached hydrogens (primary N) is 1. The third-order valence-electron chi connectivity index (χ3n) is 9.54. The molecule has 6 rings (SSSR count). The third kappa shape index (κ3) is 1.69.